The standard InChI is InChI=1S/C9H15N3OS/c1-6(2)9(3-4-9)5-12-7(13)10-11-8(12)14/h6H,3-5H2,1-2H3,(H,10,13)(H,11,14). The number of nitrogens with zero attached hydrogens (tertiary/aromatic N) is 1. The lowest BCUT2D eigenvalue weighted by atomic mass is 9.92. The molecule has 0 atom stereocenters. The van der Waals surface area contributed by atoms with Crippen molar-refractivity contribution in [2.45, 2.75) is 33.2 Å². The molecule has 0 bridgehead atoms. The predicted octanol–water partition coefficient (Wildman–Crippen LogP) is 1.67. The molecule has 0 radical (unpaired) electrons. The Morgan fingerprint density at radius 3 is 2.50 bits per heavy atom. The predicted molar refractivity (Wildman–Crippen MR) is 56.7 cm³/mol. The lowest BCUT2D eigenvalue weighted by molar-refractivity contribution is 0.304. The van der Waals surface area contributed by atoms with E-state index in [2.05, 4.69) is 24.0 Å². The molecule has 0 aromatic carbocycles. The highest BCUT2D eigenvalue weighted by Gasteiger charge is 2.45. The maximum absolute atomic E-state index is 11.4. The highest BCUT2D eigenvalue weighted by molar-refractivity contribution is 7.71. The molecule has 78 valence electrons. The van der Waals surface area contributed by atoms with E-state index < -0.39 is 0 Å². The summed E-state index contributed by atoms with van der Waals surface area (Å²) in [6, 6.07) is 0. The Morgan fingerprint density at radius 2 is 2.14 bits per heavy atom. The van der Waals surface area contributed by atoms with Crippen molar-refractivity contribution in [3.63, 3.8) is 0 Å². The van der Waals surface area contributed by atoms with Gasteiger partial charge in [0.25, 0.3) is 0 Å². The Morgan fingerprint density at radius 1 is 1.50 bits per heavy atom. The zero-order valence-corrected chi connectivity index (χ0v) is 9.28. The molecule has 1 aliphatic rings. The summed E-state index contributed by atoms with van der Waals surface area (Å²) in [4.78, 5) is 11.4. The van der Waals surface area contributed by atoms with Gasteiger partial charge in [-0.25, -0.2) is 9.89 Å². The van der Waals surface area contributed by atoms with Crippen molar-refractivity contribution in [2.24, 2.45) is 11.3 Å². The highest BCUT2D eigenvalue weighted by atomic mass is 32.1. The molecular formula is C9H15N3OS. The van der Waals surface area contributed by atoms with Crippen LogP contribution in [0.1, 0.15) is 26.7 Å². The van der Waals surface area contributed by atoms with E-state index in [1.807, 2.05) is 0 Å². The van der Waals surface area contributed by atoms with E-state index >= 15 is 0 Å². The summed E-state index contributed by atoms with van der Waals surface area (Å²) in [6.45, 7) is 5.16. The molecule has 0 amide bonds. The van der Waals surface area contributed by atoms with Gasteiger partial charge in [0, 0.05) is 6.54 Å². The van der Waals surface area contributed by atoms with E-state index in [0.717, 1.165) is 6.54 Å². The van der Waals surface area contributed by atoms with Crippen LogP contribution in [0.2, 0.25) is 0 Å². The van der Waals surface area contributed by atoms with Gasteiger partial charge in [0.05, 0.1) is 0 Å². The molecule has 2 N–H and O–H groups in total. The lowest BCUT2D eigenvalue weighted by Crippen LogP contribution is -2.25. The average molecular weight is 213 g/mol. The summed E-state index contributed by atoms with van der Waals surface area (Å²) < 4.78 is 2.13. The number of rotatable bonds is 3. The van der Waals surface area contributed by atoms with Crippen molar-refractivity contribution in [1.29, 1.82) is 0 Å². The Kier molecular flexibility index (Phi) is 2.14. The van der Waals surface area contributed by atoms with Crippen LogP contribution in [0, 0.1) is 16.1 Å². The monoisotopic (exact) mass is 213 g/mol. The second-order valence-electron chi connectivity index (χ2n) is 4.46. The lowest BCUT2D eigenvalue weighted by Gasteiger charge is -2.18. The molecule has 2 rings (SSSR count). The minimum absolute atomic E-state index is 0.123. The fourth-order valence-electron chi connectivity index (χ4n) is 1.87. The van der Waals surface area contributed by atoms with Gasteiger partial charge in [0.1, 0.15) is 0 Å². The molecule has 14 heavy (non-hydrogen) atoms. The fraction of sp³-hybridized carbons (Fsp3) is 0.778. The van der Waals surface area contributed by atoms with Crippen molar-refractivity contribution >= 4 is 12.2 Å². The first kappa shape index (κ1) is 9.71. The average Bonchev–Trinajstić information content (AvgIpc) is 2.84. The van der Waals surface area contributed by atoms with Crippen LogP contribution in [-0.4, -0.2) is 14.8 Å². The largest absolute Gasteiger partial charge is 0.342 e. The smallest absolute Gasteiger partial charge is 0.272 e. The third-order valence-electron chi connectivity index (χ3n) is 3.36. The quantitative estimate of drug-likeness (QED) is 0.750. The zero-order chi connectivity index (χ0) is 10.3. The van der Waals surface area contributed by atoms with E-state index in [4.69, 9.17) is 12.2 Å². The third-order valence-corrected chi connectivity index (χ3v) is 3.68. The molecule has 0 spiro atoms. The summed E-state index contributed by atoms with van der Waals surface area (Å²) in [5, 5.41) is 5.17. The van der Waals surface area contributed by atoms with Crippen LogP contribution < -0.4 is 5.69 Å². The summed E-state index contributed by atoms with van der Waals surface area (Å²) in [6.07, 6.45) is 2.41. The second-order valence-corrected chi connectivity index (χ2v) is 4.85. The Bertz CT molecular complexity index is 408. The molecule has 1 aromatic heterocycles. The van der Waals surface area contributed by atoms with Crippen molar-refractivity contribution < 1.29 is 0 Å². The first-order valence-electron chi connectivity index (χ1n) is 4.93. The van der Waals surface area contributed by atoms with E-state index in [0.29, 0.717) is 16.1 Å². The van der Waals surface area contributed by atoms with Crippen LogP contribution in [-0.2, 0) is 6.54 Å². The molecule has 4 nitrogen and oxygen atoms in total. The van der Waals surface area contributed by atoms with Crippen molar-refractivity contribution in [3.8, 4) is 0 Å². The maximum atomic E-state index is 11.4. The topological polar surface area (TPSA) is 53.6 Å². The molecule has 1 fully saturated rings. The van der Waals surface area contributed by atoms with E-state index in [-0.39, 0.29) is 5.69 Å². The Labute approximate surface area is 87.3 Å². The SMILES string of the molecule is CC(C)C1(Cn2c(=O)[nH][nH]c2=S)CC1. The summed E-state index contributed by atoms with van der Waals surface area (Å²) in [7, 11) is 0. The van der Waals surface area contributed by atoms with E-state index in [1.165, 1.54) is 12.8 Å². The molecule has 1 aromatic rings. The second kappa shape index (κ2) is 3.08. The van der Waals surface area contributed by atoms with Crippen LogP contribution in [0.3, 0.4) is 0 Å². The van der Waals surface area contributed by atoms with Crippen LogP contribution in [0.25, 0.3) is 0 Å². The first-order chi connectivity index (χ1) is 6.55. The van der Waals surface area contributed by atoms with Gasteiger partial charge in [0.2, 0.25) is 0 Å². The number of hydrogen-bond acceptors (Lipinski definition) is 2. The minimum atomic E-state index is -0.123. The molecule has 1 saturated carbocycles. The third kappa shape index (κ3) is 1.45. The normalized spacial score (nSPS) is 18.8. The van der Waals surface area contributed by atoms with Crippen LogP contribution >= 0.6 is 12.2 Å². The van der Waals surface area contributed by atoms with Crippen molar-refractivity contribution in [3.05, 3.63) is 15.3 Å². The molecule has 0 unspecified atom stereocenters. The zero-order valence-electron chi connectivity index (χ0n) is 8.46. The van der Waals surface area contributed by atoms with Crippen molar-refractivity contribution in [2.75, 3.05) is 0 Å². The van der Waals surface area contributed by atoms with Crippen LogP contribution in [0.15, 0.2) is 4.79 Å². The van der Waals surface area contributed by atoms with Gasteiger partial charge >= 0.3 is 5.69 Å². The van der Waals surface area contributed by atoms with Gasteiger partial charge in [0.15, 0.2) is 4.77 Å². The molecule has 1 aliphatic carbocycles. The maximum Gasteiger partial charge on any atom is 0.342 e. The first-order valence-corrected chi connectivity index (χ1v) is 5.33. The molecule has 5 heteroatoms. The molecule has 0 aliphatic heterocycles. The number of H-pyrrole nitrogens is 2. The minimum Gasteiger partial charge on any atom is -0.272 e. The number of aromatic nitrogens is 3. The molecule has 0 saturated heterocycles. The number of hydrogen-bond donors (Lipinski definition) is 2. The summed E-state index contributed by atoms with van der Waals surface area (Å²) in [5.41, 5.74) is 0.190. The summed E-state index contributed by atoms with van der Waals surface area (Å²) in [5.74, 6) is 0.610. The fourth-order valence-corrected chi connectivity index (χ4v) is 2.07. The molecule has 1 heterocycles. The van der Waals surface area contributed by atoms with Crippen molar-refractivity contribution in [1.82, 2.24) is 14.8 Å². The van der Waals surface area contributed by atoms with Crippen LogP contribution in [0.4, 0.5) is 0 Å². The van der Waals surface area contributed by atoms with E-state index in [1.54, 1.807) is 4.57 Å². The Balaban J connectivity index is 2.27. The van der Waals surface area contributed by atoms with Crippen LogP contribution in [0.5, 0.6) is 0 Å². The number of aromatic amines is 2. The van der Waals surface area contributed by atoms with E-state index in [9.17, 15) is 4.79 Å². The van der Waals surface area contributed by atoms with Gasteiger partial charge < -0.3 is 0 Å². The molecular weight excluding hydrogens is 198 g/mol. The van der Waals surface area contributed by atoms with Gasteiger partial charge in [-0.1, -0.05) is 13.8 Å². The van der Waals surface area contributed by atoms with Gasteiger partial charge in [-0.05, 0) is 36.4 Å². The summed E-state index contributed by atoms with van der Waals surface area (Å²) >= 11 is 5.03. The highest BCUT2D eigenvalue weighted by Crippen LogP contribution is 2.52. The Hall–Kier alpha value is -0.840. The van der Waals surface area contributed by atoms with Gasteiger partial charge in [-0.15, -0.1) is 0 Å². The van der Waals surface area contributed by atoms with Gasteiger partial charge in [-0.2, -0.15) is 0 Å². The van der Waals surface area contributed by atoms with Gasteiger partial charge in [-0.3, -0.25) is 9.67 Å². The number of nitrogens with one attached hydrogen (secondary N) is 2.